The summed E-state index contributed by atoms with van der Waals surface area (Å²) >= 11 is 0. The van der Waals surface area contributed by atoms with Crippen LogP contribution in [-0.2, 0) is 21.7 Å². The molecule has 0 bridgehead atoms. The predicted octanol–water partition coefficient (Wildman–Crippen LogP) is 27.3. The first-order valence-electron chi connectivity index (χ1n) is 39.1. The van der Waals surface area contributed by atoms with Gasteiger partial charge in [0.15, 0.2) is 0 Å². The van der Waals surface area contributed by atoms with Gasteiger partial charge in [-0.25, -0.2) is 0 Å². The Kier molecular flexibility index (Phi) is 25.2. The van der Waals surface area contributed by atoms with E-state index in [1.165, 1.54) is 198 Å². The molecule has 13 rings (SSSR count). The van der Waals surface area contributed by atoms with Crippen molar-refractivity contribution >= 4 is 0 Å². The van der Waals surface area contributed by atoms with Gasteiger partial charge in [-0.05, 0) is 277 Å². The van der Waals surface area contributed by atoms with Gasteiger partial charge in [-0.15, -0.1) is 0 Å². The van der Waals surface area contributed by atoms with Crippen molar-refractivity contribution in [2.75, 3.05) is 14.2 Å². The van der Waals surface area contributed by atoms with E-state index in [9.17, 15) is 0 Å². The lowest BCUT2D eigenvalue weighted by atomic mass is 9.56. The zero-order valence-corrected chi connectivity index (χ0v) is 67.9. The Balaban J connectivity index is 0.000000151. The number of hydrogen-bond acceptors (Lipinski definition) is 2. The number of aryl methyl sites for hydroxylation is 13. The van der Waals surface area contributed by atoms with Crippen molar-refractivity contribution in [3.63, 3.8) is 0 Å². The van der Waals surface area contributed by atoms with E-state index in [1.54, 1.807) is 25.3 Å². The van der Waals surface area contributed by atoms with Gasteiger partial charge in [-0.1, -0.05) is 306 Å². The zero-order valence-electron chi connectivity index (χ0n) is 67.9. The monoisotopic (exact) mass is 1390 g/mol. The van der Waals surface area contributed by atoms with Crippen LogP contribution in [0.5, 0.6) is 11.5 Å². The van der Waals surface area contributed by atoms with E-state index in [4.69, 9.17) is 9.47 Å². The third-order valence-corrected chi connectivity index (χ3v) is 24.8. The van der Waals surface area contributed by atoms with E-state index < -0.39 is 0 Å². The molecule has 0 spiro atoms. The molecule has 2 aliphatic rings. The van der Waals surface area contributed by atoms with Gasteiger partial charge in [-0.3, -0.25) is 0 Å². The molecule has 546 valence electrons. The van der Waals surface area contributed by atoms with Crippen LogP contribution >= 0.6 is 0 Å². The minimum atomic E-state index is -0.246. The van der Waals surface area contributed by atoms with Gasteiger partial charge in [-0.2, -0.15) is 0 Å². The van der Waals surface area contributed by atoms with Crippen LogP contribution in [0.4, 0.5) is 0 Å². The molecular weight excluding hydrogens is 1270 g/mol. The van der Waals surface area contributed by atoms with Gasteiger partial charge >= 0.3 is 0 Å². The smallest absolute Gasteiger partial charge is 0.122 e. The summed E-state index contributed by atoms with van der Waals surface area (Å²) in [5, 5.41) is 0. The lowest BCUT2D eigenvalue weighted by Crippen LogP contribution is -2.42. The summed E-state index contributed by atoms with van der Waals surface area (Å²) in [5.41, 5.74) is 34.9. The maximum atomic E-state index is 5.78. The highest BCUT2D eigenvalue weighted by molar-refractivity contribution is 5.59. The lowest BCUT2D eigenvalue weighted by Gasteiger charge is -2.47. The molecule has 0 aromatic heterocycles. The van der Waals surface area contributed by atoms with Gasteiger partial charge in [0, 0.05) is 21.7 Å². The largest absolute Gasteiger partial charge is 0.496 e. The second kappa shape index (κ2) is 33.6. The molecule has 0 radical (unpaired) electrons. The minimum absolute atomic E-state index is 0.00672. The van der Waals surface area contributed by atoms with Gasteiger partial charge < -0.3 is 9.47 Å². The van der Waals surface area contributed by atoms with Crippen molar-refractivity contribution in [2.24, 2.45) is 11.3 Å². The molecule has 0 N–H and O–H groups in total. The molecule has 11 aromatic rings. The second-order valence-corrected chi connectivity index (χ2v) is 32.7. The molecule has 2 fully saturated rings. The molecule has 2 nitrogen and oxygen atoms in total. The van der Waals surface area contributed by atoms with E-state index in [1.807, 2.05) is 0 Å². The van der Waals surface area contributed by atoms with E-state index in [0.29, 0.717) is 5.92 Å². The summed E-state index contributed by atoms with van der Waals surface area (Å²) in [4.78, 5) is 0. The van der Waals surface area contributed by atoms with E-state index in [-0.39, 0.29) is 27.1 Å². The fourth-order valence-electron chi connectivity index (χ4n) is 17.6. The summed E-state index contributed by atoms with van der Waals surface area (Å²) in [5.74, 6) is 2.42. The maximum absolute atomic E-state index is 5.78. The zero-order chi connectivity index (χ0) is 75.6. The Morgan fingerprint density at radius 3 is 0.952 bits per heavy atom. The normalized spacial score (nSPS) is 14.0. The summed E-state index contributed by atoms with van der Waals surface area (Å²) in [7, 11) is 3.54. The van der Waals surface area contributed by atoms with Crippen LogP contribution in [0.25, 0.3) is 0 Å². The fourth-order valence-corrected chi connectivity index (χ4v) is 17.6. The van der Waals surface area contributed by atoms with Gasteiger partial charge in [0.25, 0.3) is 0 Å². The van der Waals surface area contributed by atoms with Crippen LogP contribution in [0, 0.1) is 115 Å². The molecule has 2 aliphatic carbocycles. The third kappa shape index (κ3) is 16.5. The third-order valence-electron chi connectivity index (χ3n) is 24.8. The number of benzene rings is 11. The Hall–Kier alpha value is -8.98. The Labute approximate surface area is 635 Å². The maximum Gasteiger partial charge on any atom is 0.122 e. The average Bonchev–Trinajstić information content (AvgIpc) is 0.750. The summed E-state index contributed by atoms with van der Waals surface area (Å²) in [6, 6.07) is 86.5. The van der Waals surface area contributed by atoms with Gasteiger partial charge in [0.2, 0.25) is 0 Å². The number of ether oxygens (including phenoxy) is 2. The minimum Gasteiger partial charge on any atom is -0.496 e. The lowest BCUT2D eigenvalue weighted by molar-refractivity contribution is 0.269. The van der Waals surface area contributed by atoms with Crippen LogP contribution in [0.3, 0.4) is 0 Å². The second-order valence-electron chi connectivity index (χ2n) is 32.7. The van der Waals surface area contributed by atoms with Crippen LogP contribution in [0.2, 0.25) is 0 Å². The van der Waals surface area contributed by atoms with Crippen molar-refractivity contribution < 1.29 is 9.47 Å². The topological polar surface area (TPSA) is 18.5 Å². The van der Waals surface area contributed by atoms with Crippen molar-refractivity contribution in [3.8, 4) is 11.5 Å². The van der Waals surface area contributed by atoms with Crippen molar-refractivity contribution in [1.29, 1.82) is 0 Å². The molecule has 2 heteroatoms. The van der Waals surface area contributed by atoms with Crippen molar-refractivity contribution in [1.82, 2.24) is 0 Å². The fraction of sp³-hybridized carbons (Fsp3) is 0.359. The first-order valence-corrected chi connectivity index (χ1v) is 39.1. The SMILES string of the molecule is COc1cc(C(c2ccccc2)(c2ccc(C)c(OC)c2)C2CCCCC2)ccc1C.Cc1cc(C2(c3cc(C)c(C)c(C)c3)CCCCC2)cc(C)c1C.Cc1ccc(C(C)(c2ccc(C)cc2)c2ccc(C)c(C)c2)cc1.Cc1ccc(C(c2ccc(C)cc2)(c2ccc(C)cc2)C(C)(C)C)cc1. The first-order chi connectivity index (χ1) is 50.1. The molecule has 0 amide bonds. The highest BCUT2D eigenvalue weighted by atomic mass is 16.5. The Morgan fingerprint density at radius 1 is 0.286 bits per heavy atom. The summed E-state index contributed by atoms with van der Waals surface area (Å²) in [6.07, 6.45) is 13.0. The summed E-state index contributed by atoms with van der Waals surface area (Å²) in [6.45, 7) is 42.3. The standard InChI is InChI=1S/C29H34O2.C26H30.C24H26.C24H32/c1-21-15-17-25(19-27(21)30-3)29(23-11-7-5-8-12-23,24-13-9-6-10-14-24)26-18-16-22(2)28(20-26)31-4;1-19-7-13-22(14-8-19)26(25(4,5)6,23-15-9-20(2)10-16-23)24-17-11-21(3)12-18-24;1-17-6-11-21(12-7-17)24(5,22-13-8-18(2)9-14-22)23-15-10-19(3)20(4)16-23;1-16-12-22(13-17(2)20(16)5)24(10-8-7-9-11-24)23-14-18(3)21(6)19(4)15-23/h5,7-8,11-12,15-20,24H,6,9-10,13-14H2,1-4H3;7-18H,1-6H3;6-16H,1-5H3;12-15H,7-11H2,1-6H3. The van der Waals surface area contributed by atoms with Crippen LogP contribution in [0.1, 0.15) is 237 Å². The molecule has 105 heavy (non-hydrogen) atoms. The molecular formula is C103H122O2. The molecule has 0 saturated heterocycles. The molecule has 2 saturated carbocycles. The average molecular weight is 1390 g/mol. The number of methoxy groups -OCH3 is 2. The van der Waals surface area contributed by atoms with Crippen LogP contribution in [0.15, 0.2) is 231 Å². The molecule has 0 aliphatic heterocycles. The van der Waals surface area contributed by atoms with Gasteiger partial charge in [0.05, 0.1) is 14.2 Å². The predicted molar refractivity (Wildman–Crippen MR) is 450 cm³/mol. The molecule has 0 heterocycles. The van der Waals surface area contributed by atoms with Crippen molar-refractivity contribution in [2.45, 2.75) is 217 Å². The van der Waals surface area contributed by atoms with E-state index >= 15 is 0 Å². The Bertz CT molecular complexity index is 4360. The number of rotatable bonds is 14. The molecule has 11 aromatic carbocycles. The number of hydrogen-bond donors (Lipinski definition) is 0. The van der Waals surface area contributed by atoms with Crippen LogP contribution < -0.4 is 9.47 Å². The van der Waals surface area contributed by atoms with E-state index in [0.717, 1.165) is 11.5 Å². The summed E-state index contributed by atoms with van der Waals surface area (Å²) < 4.78 is 11.6. The van der Waals surface area contributed by atoms with Crippen molar-refractivity contribution in [3.05, 3.63) is 375 Å². The quantitative estimate of drug-likeness (QED) is 0.101. The highest BCUT2D eigenvalue weighted by Crippen LogP contribution is 2.54. The Morgan fingerprint density at radius 2 is 0.610 bits per heavy atom. The van der Waals surface area contributed by atoms with Crippen LogP contribution in [-0.4, -0.2) is 14.2 Å². The molecule has 0 unspecified atom stereocenters. The molecule has 0 atom stereocenters. The highest BCUT2D eigenvalue weighted by Gasteiger charge is 2.47. The van der Waals surface area contributed by atoms with E-state index in [2.05, 4.69) is 362 Å². The van der Waals surface area contributed by atoms with Gasteiger partial charge in [0.1, 0.15) is 11.5 Å². The first kappa shape index (κ1) is 78.6.